The third-order valence-corrected chi connectivity index (χ3v) is 5.03. The fourth-order valence-corrected chi connectivity index (χ4v) is 3.23. The highest BCUT2D eigenvalue weighted by atomic mass is 32.1. The Balaban J connectivity index is 2.04. The number of guanidine groups is 1. The van der Waals surface area contributed by atoms with Gasteiger partial charge in [0, 0.05) is 17.3 Å². The molecule has 6 heteroatoms. The van der Waals surface area contributed by atoms with Gasteiger partial charge in [-0.1, -0.05) is 19.1 Å². The fourth-order valence-electron chi connectivity index (χ4n) is 2.45. The zero-order valence-corrected chi connectivity index (χ0v) is 16.0. The van der Waals surface area contributed by atoms with Crippen LogP contribution in [-0.4, -0.2) is 26.2 Å². The summed E-state index contributed by atoms with van der Waals surface area (Å²) in [6, 6.07) is 9.12. The first-order chi connectivity index (χ1) is 12.0. The molecule has 0 saturated carbocycles. The number of nitrogens with one attached hydrogen (secondary N) is 2. The number of nitrogens with zero attached hydrogens (tertiary/aromatic N) is 1. The lowest BCUT2D eigenvalue weighted by Gasteiger charge is -2.19. The van der Waals surface area contributed by atoms with E-state index in [4.69, 9.17) is 4.74 Å². The molecular formula is C19H26FN3OS. The van der Waals surface area contributed by atoms with Crippen LogP contribution in [0.3, 0.4) is 0 Å². The van der Waals surface area contributed by atoms with E-state index in [0.29, 0.717) is 12.5 Å². The second kappa shape index (κ2) is 9.42. The number of methoxy groups -OCH3 is 1. The van der Waals surface area contributed by atoms with Crippen molar-refractivity contribution in [2.24, 2.45) is 4.99 Å². The van der Waals surface area contributed by atoms with Crippen molar-refractivity contribution in [1.29, 1.82) is 0 Å². The van der Waals surface area contributed by atoms with E-state index in [9.17, 15) is 4.39 Å². The van der Waals surface area contributed by atoms with Gasteiger partial charge in [-0.2, -0.15) is 0 Å². The third-order valence-electron chi connectivity index (χ3n) is 3.93. The van der Waals surface area contributed by atoms with Gasteiger partial charge in [0.25, 0.3) is 0 Å². The van der Waals surface area contributed by atoms with Crippen LogP contribution in [0.15, 0.2) is 40.7 Å². The van der Waals surface area contributed by atoms with Crippen LogP contribution in [0.25, 0.3) is 0 Å². The Kier molecular flexibility index (Phi) is 7.25. The SMILES string of the molecule is CCNC(=NCC(C)c1cccs1)NC(C)c1ccc(OC)c(F)c1. The molecule has 0 spiro atoms. The fraction of sp³-hybridized carbons (Fsp3) is 0.421. The summed E-state index contributed by atoms with van der Waals surface area (Å²) >= 11 is 1.75. The van der Waals surface area contributed by atoms with E-state index < -0.39 is 0 Å². The van der Waals surface area contributed by atoms with E-state index in [1.807, 2.05) is 19.9 Å². The summed E-state index contributed by atoms with van der Waals surface area (Å²) in [6.45, 7) is 7.64. The van der Waals surface area contributed by atoms with Gasteiger partial charge in [0.15, 0.2) is 17.5 Å². The molecule has 0 amide bonds. The Hall–Kier alpha value is -2.08. The summed E-state index contributed by atoms with van der Waals surface area (Å²) in [5, 5.41) is 8.66. The predicted molar refractivity (Wildman–Crippen MR) is 103 cm³/mol. The van der Waals surface area contributed by atoms with E-state index in [1.54, 1.807) is 17.4 Å². The van der Waals surface area contributed by atoms with Gasteiger partial charge in [0.1, 0.15) is 0 Å². The summed E-state index contributed by atoms with van der Waals surface area (Å²) in [5.74, 6) is 0.988. The van der Waals surface area contributed by atoms with Gasteiger partial charge >= 0.3 is 0 Å². The van der Waals surface area contributed by atoms with Crippen molar-refractivity contribution in [3.8, 4) is 5.75 Å². The number of benzene rings is 1. The van der Waals surface area contributed by atoms with Crippen LogP contribution in [0.2, 0.25) is 0 Å². The molecule has 0 fully saturated rings. The molecule has 2 aromatic rings. The Morgan fingerprint density at radius 3 is 2.72 bits per heavy atom. The molecular weight excluding hydrogens is 337 g/mol. The lowest BCUT2D eigenvalue weighted by Crippen LogP contribution is -2.39. The molecule has 0 radical (unpaired) electrons. The number of aliphatic imine (C=N–C) groups is 1. The highest BCUT2D eigenvalue weighted by Crippen LogP contribution is 2.22. The first-order valence-corrected chi connectivity index (χ1v) is 9.34. The van der Waals surface area contributed by atoms with E-state index in [1.165, 1.54) is 18.1 Å². The summed E-state index contributed by atoms with van der Waals surface area (Å²) in [4.78, 5) is 6.00. The van der Waals surface area contributed by atoms with Gasteiger partial charge in [-0.25, -0.2) is 4.39 Å². The quantitative estimate of drug-likeness (QED) is 0.569. The van der Waals surface area contributed by atoms with Crippen molar-refractivity contribution >= 4 is 17.3 Å². The highest BCUT2D eigenvalue weighted by molar-refractivity contribution is 7.10. The molecule has 1 heterocycles. The zero-order valence-electron chi connectivity index (χ0n) is 15.2. The molecule has 0 aliphatic rings. The number of thiophene rings is 1. The topological polar surface area (TPSA) is 45.7 Å². The Labute approximate surface area is 153 Å². The molecule has 0 bridgehead atoms. The third kappa shape index (κ3) is 5.46. The largest absolute Gasteiger partial charge is 0.494 e. The molecule has 0 saturated heterocycles. The van der Waals surface area contributed by atoms with Gasteiger partial charge in [-0.3, -0.25) is 4.99 Å². The lowest BCUT2D eigenvalue weighted by atomic mass is 10.1. The van der Waals surface area contributed by atoms with Gasteiger partial charge in [-0.05, 0) is 43.0 Å². The Morgan fingerprint density at radius 1 is 1.32 bits per heavy atom. The Morgan fingerprint density at radius 2 is 2.12 bits per heavy atom. The van der Waals surface area contributed by atoms with Gasteiger partial charge < -0.3 is 15.4 Å². The van der Waals surface area contributed by atoms with Crippen LogP contribution in [0.1, 0.15) is 43.2 Å². The smallest absolute Gasteiger partial charge is 0.191 e. The molecule has 1 aromatic carbocycles. The molecule has 4 nitrogen and oxygen atoms in total. The Bertz CT molecular complexity index is 688. The number of ether oxygens (including phenoxy) is 1. The minimum atomic E-state index is -0.359. The van der Waals surface area contributed by atoms with E-state index in [-0.39, 0.29) is 17.6 Å². The zero-order chi connectivity index (χ0) is 18.2. The van der Waals surface area contributed by atoms with Gasteiger partial charge in [0.05, 0.1) is 19.7 Å². The van der Waals surface area contributed by atoms with Crippen LogP contribution in [0.4, 0.5) is 4.39 Å². The second-order valence-corrected chi connectivity index (χ2v) is 6.88. The molecule has 2 atom stereocenters. The number of halogens is 1. The van der Waals surface area contributed by atoms with Gasteiger partial charge in [-0.15, -0.1) is 11.3 Å². The normalized spacial score (nSPS) is 14.0. The number of rotatable bonds is 7. The van der Waals surface area contributed by atoms with Crippen molar-refractivity contribution < 1.29 is 9.13 Å². The van der Waals surface area contributed by atoms with Crippen LogP contribution in [0, 0.1) is 5.82 Å². The molecule has 0 aliphatic heterocycles. The highest BCUT2D eigenvalue weighted by Gasteiger charge is 2.12. The average molecular weight is 364 g/mol. The maximum absolute atomic E-state index is 13.9. The summed E-state index contributed by atoms with van der Waals surface area (Å²) in [5.41, 5.74) is 0.843. The van der Waals surface area contributed by atoms with Crippen molar-refractivity contribution in [2.45, 2.75) is 32.7 Å². The molecule has 1 aromatic heterocycles. The number of hydrogen-bond donors (Lipinski definition) is 2. The van der Waals surface area contributed by atoms with E-state index in [2.05, 4.69) is 40.1 Å². The van der Waals surface area contributed by atoms with Crippen LogP contribution in [0.5, 0.6) is 5.75 Å². The van der Waals surface area contributed by atoms with Crippen molar-refractivity contribution in [1.82, 2.24) is 10.6 Å². The van der Waals surface area contributed by atoms with E-state index in [0.717, 1.165) is 18.1 Å². The molecule has 2 N–H and O–H groups in total. The maximum Gasteiger partial charge on any atom is 0.191 e. The van der Waals surface area contributed by atoms with E-state index >= 15 is 0 Å². The molecule has 2 unspecified atom stereocenters. The van der Waals surface area contributed by atoms with Crippen molar-refractivity contribution in [2.75, 3.05) is 20.2 Å². The minimum Gasteiger partial charge on any atom is -0.494 e. The predicted octanol–water partition coefficient (Wildman–Crippen LogP) is 4.32. The standard InChI is InChI=1S/C19H26FN3OS/c1-5-21-19(22-12-13(2)18-7-6-10-25-18)23-14(3)15-8-9-17(24-4)16(20)11-15/h6-11,13-14H,5,12H2,1-4H3,(H2,21,22,23). The van der Waals surface area contributed by atoms with Crippen molar-refractivity contribution in [3.63, 3.8) is 0 Å². The first-order valence-electron chi connectivity index (χ1n) is 8.46. The number of hydrogen-bond acceptors (Lipinski definition) is 3. The van der Waals surface area contributed by atoms with Crippen LogP contribution < -0.4 is 15.4 Å². The molecule has 25 heavy (non-hydrogen) atoms. The molecule has 136 valence electrons. The molecule has 0 aliphatic carbocycles. The van der Waals surface area contributed by atoms with Gasteiger partial charge in [0.2, 0.25) is 0 Å². The average Bonchev–Trinajstić information content (AvgIpc) is 3.14. The summed E-state index contributed by atoms with van der Waals surface area (Å²) < 4.78 is 18.9. The summed E-state index contributed by atoms with van der Waals surface area (Å²) in [7, 11) is 1.46. The van der Waals surface area contributed by atoms with Crippen LogP contribution >= 0.6 is 11.3 Å². The minimum absolute atomic E-state index is 0.0738. The van der Waals surface area contributed by atoms with Crippen molar-refractivity contribution in [3.05, 3.63) is 52.0 Å². The van der Waals surface area contributed by atoms with Crippen LogP contribution in [-0.2, 0) is 0 Å². The summed E-state index contributed by atoms with van der Waals surface area (Å²) in [6.07, 6.45) is 0. The second-order valence-electron chi connectivity index (χ2n) is 5.90. The monoisotopic (exact) mass is 363 g/mol. The molecule has 2 rings (SSSR count). The lowest BCUT2D eigenvalue weighted by molar-refractivity contribution is 0.386. The first kappa shape index (κ1) is 19.2. The maximum atomic E-state index is 13.9.